The Morgan fingerprint density at radius 1 is 0.893 bits per heavy atom. The standard InChI is InChI=1S/C18H16F6N2O2/c1-10-3-4-15(5-11(10)2)28-9-25-16(27)26-14-7-12(17(19,20)21)6-13(8-14)18(22,23)24/h3-8H,9H2,1-2H3,(H2,25,26,27). The molecule has 2 aromatic carbocycles. The average Bonchev–Trinajstić information content (AvgIpc) is 2.56. The Morgan fingerprint density at radius 3 is 1.96 bits per heavy atom. The van der Waals surface area contributed by atoms with Crippen LogP contribution in [0.3, 0.4) is 0 Å². The van der Waals surface area contributed by atoms with Crippen LogP contribution in [-0.4, -0.2) is 12.8 Å². The lowest BCUT2D eigenvalue weighted by molar-refractivity contribution is -0.143. The number of alkyl halides is 6. The van der Waals surface area contributed by atoms with Gasteiger partial charge in [0.05, 0.1) is 11.1 Å². The molecule has 2 N–H and O–H groups in total. The molecule has 0 aromatic heterocycles. The number of ether oxygens (including phenoxy) is 1. The molecule has 0 atom stereocenters. The first-order valence-corrected chi connectivity index (χ1v) is 7.90. The fourth-order valence-corrected chi connectivity index (χ4v) is 2.19. The van der Waals surface area contributed by atoms with E-state index in [0.717, 1.165) is 11.1 Å². The third kappa shape index (κ3) is 5.80. The van der Waals surface area contributed by atoms with Crippen molar-refractivity contribution in [3.8, 4) is 5.75 Å². The first-order valence-electron chi connectivity index (χ1n) is 7.90. The van der Waals surface area contributed by atoms with Crippen molar-refractivity contribution >= 4 is 11.7 Å². The number of aryl methyl sites for hydroxylation is 2. The second-order valence-electron chi connectivity index (χ2n) is 5.96. The second kappa shape index (κ2) is 7.99. The molecule has 2 aromatic rings. The molecular formula is C18H16F6N2O2. The summed E-state index contributed by atoms with van der Waals surface area (Å²) >= 11 is 0. The van der Waals surface area contributed by atoms with E-state index in [0.29, 0.717) is 17.9 Å². The highest BCUT2D eigenvalue weighted by Gasteiger charge is 2.37. The predicted octanol–water partition coefficient (Wildman–Crippen LogP) is 5.50. The Hall–Kier alpha value is -2.91. The molecule has 2 amide bonds. The summed E-state index contributed by atoms with van der Waals surface area (Å²) in [4.78, 5) is 11.8. The highest BCUT2D eigenvalue weighted by molar-refractivity contribution is 5.89. The van der Waals surface area contributed by atoms with E-state index in [4.69, 9.17) is 4.74 Å². The van der Waals surface area contributed by atoms with Gasteiger partial charge in [-0.3, -0.25) is 0 Å². The van der Waals surface area contributed by atoms with Gasteiger partial charge in [-0.2, -0.15) is 26.3 Å². The molecule has 0 heterocycles. The quantitative estimate of drug-likeness (QED) is 0.521. The van der Waals surface area contributed by atoms with E-state index in [-0.39, 0.29) is 12.8 Å². The number of hydrogen-bond donors (Lipinski definition) is 2. The monoisotopic (exact) mass is 406 g/mol. The number of benzene rings is 2. The molecule has 28 heavy (non-hydrogen) atoms. The Bertz CT molecular complexity index is 830. The van der Waals surface area contributed by atoms with Crippen molar-refractivity contribution in [3.63, 3.8) is 0 Å². The van der Waals surface area contributed by atoms with Crippen molar-refractivity contribution in [3.05, 3.63) is 58.7 Å². The van der Waals surface area contributed by atoms with Gasteiger partial charge in [0, 0.05) is 5.69 Å². The van der Waals surface area contributed by atoms with Gasteiger partial charge in [-0.05, 0) is 55.3 Å². The Morgan fingerprint density at radius 2 is 1.46 bits per heavy atom. The van der Waals surface area contributed by atoms with Crippen molar-refractivity contribution < 1.29 is 35.9 Å². The second-order valence-corrected chi connectivity index (χ2v) is 5.96. The van der Waals surface area contributed by atoms with Crippen molar-refractivity contribution in [1.82, 2.24) is 5.32 Å². The average molecular weight is 406 g/mol. The fourth-order valence-electron chi connectivity index (χ4n) is 2.19. The minimum absolute atomic E-state index is 0.0219. The molecule has 0 aliphatic rings. The number of amides is 2. The van der Waals surface area contributed by atoms with Crippen LogP contribution in [0.15, 0.2) is 36.4 Å². The van der Waals surface area contributed by atoms with Crippen molar-refractivity contribution in [2.24, 2.45) is 0 Å². The van der Waals surface area contributed by atoms with Gasteiger partial charge in [0.15, 0.2) is 6.73 Å². The van der Waals surface area contributed by atoms with Gasteiger partial charge in [-0.15, -0.1) is 0 Å². The molecule has 0 saturated heterocycles. The summed E-state index contributed by atoms with van der Waals surface area (Å²) in [5.41, 5.74) is -1.72. The fraction of sp³-hybridized carbons (Fsp3) is 0.278. The zero-order valence-electron chi connectivity index (χ0n) is 14.8. The van der Waals surface area contributed by atoms with Crippen molar-refractivity contribution in [1.29, 1.82) is 0 Å². The zero-order valence-corrected chi connectivity index (χ0v) is 14.8. The largest absolute Gasteiger partial charge is 0.473 e. The van der Waals surface area contributed by atoms with E-state index in [1.54, 1.807) is 18.2 Å². The molecule has 0 fully saturated rings. The normalized spacial score (nSPS) is 11.9. The number of carbonyl (C=O) groups excluding carboxylic acids is 1. The number of nitrogens with one attached hydrogen (secondary N) is 2. The smallest absolute Gasteiger partial charge is 0.416 e. The molecule has 2 rings (SSSR count). The lowest BCUT2D eigenvalue weighted by Gasteiger charge is -2.15. The van der Waals surface area contributed by atoms with Gasteiger partial charge in [-0.1, -0.05) is 6.07 Å². The molecule has 0 aliphatic heterocycles. The molecule has 0 unspecified atom stereocenters. The highest BCUT2D eigenvalue weighted by atomic mass is 19.4. The van der Waals surface area contributed by atoms with Gasteiger partial charge >= 0.3 is 18.4 Å². The minimum Gasteiger partial charge on any atom is -0.473 e. The van der Waals surface area contributed by atoms with Crippen LogP contribution in [0.2, 0.25) is 0 Å². The minimum atomic E-state index is -5.00. The summed E-state index contributed by atoms with van der Waals surface area (Å²) in [6.07, 6.45) is -10.00. The topological polar surface area (TPSA) is 50.4 Å². The molecule has 10 heteroatoms. The Labute approximate surface area is 156 Å². The Kier molecular flexibility index (Phi) is 6.10. The van der Waals surface area contributed by atoms with Crippen LogP contribution in [-0.2, 0) is 12.4 Å². The number of rotatable bonds is 4. The maximum atomic E-state index is 12.8. The van der Waals surface area contributed by atoms with Crippen molar-refractivity contribution in [2.75, 3.05) is 12.0 Å². The number of urea groups is 1. The maximum Gasteiger partial charge on any atom is 0.416 e. The number of hydrogen-bond acceptors (Lipinski definition) is 2. The van der Waals surface area contributed by atoms with Gasteiger partial charge in [-0.25, -0.2) is 4.79 Å². The van der Waals surface area contributed by atoms with Crippen LogP contribution >= 0.6 is 0 Å². The van der Waals surface area contributed by atoms with E-state index in [1.165, 1.54) is 0 Å². The molecule has 0 aliphatic carbocycles. The van der Waals surface area contributed by atoms with E-state index < -0.39 is 35.2 Å². The molecule has 0 bridgehead atoms. The summed E-state index contributed by atoms with van der Waals surface area (Å²) in [6, 6.07) is 4.97. The lowest BCUT2D eigenvalue weighted by Crippen LogP contribution is -2.32. The molecular weight excluding hydrogens is 390 g/mol. The van der Waals surface area contributed by atoms with Crippen LogP contribution in [0.25, 0.3) is 0 Å². The third-order valence-electron chi connectivity index (χ3n) is 3.80. The van der Waals surface area contributed by atoms with Gasteiger partial charge in [0.1, 0.15) is 5.75 Å². The third-order valence-corrected chi connectivity index (χ3v) is 3.80. The molecule has 0 spiro atoms. The lowest BCUT2D eigenvalue weighted by atomic mass is 10.1. The zero-order chi connectivity index (χ0) is 21.1. The summed E-state index contributed by atoms with van der Waals surface area (Å²) in [7, 11) is 0. The van der Waals surface area contributed by atoms with Gasteiger partial charge in [0.2, 0.25) is 0 Å². The molecule has 0 saturated carbocycles. The van der Waals surface area contributed by atoms with E-state index in [2.05, 4.69) is 5.32 Å². The number of halogens is 6. The van der Waals surface area contributed by atoms with E-state index in [1.807, 2.05) is 19.2 Å². The van der Waals surface area contributed by atoms with Crippen LogP contribution in [0.1, 0.15) is 22.3 Å². The summed E-state index contributed by atoms with van der Waals surface area (Å²) < 4.78 is 82.1. The Balaban J connectivity index is 2.05. The highest BCUT2D eigenvalue weighted by Crippen LogP contribution is 2.37. The van der Waals surface area contributed by atoms with E-state index >= 15 is 0 Å². The predicted molar refractivity (Wildman–Crippen MR) is 90.0 cm³/mol. The van der Waals surface area contributed by atoms with Crippen LogP contribution < -0.4 is 15.4 Å². The van der Waals surface area contributed by atoms with Crippen LogP contribution in [0.4, 0.5) is 36.8 Å². The number of carbonyl (C=O) groups is 1. The maximum absolute atomic E-state index is 12.8. The first-order chi connectivity index (χ1) is 12.9. The van der Waals surface area contributed by atoms with Gasteiger partial charge < -0.3 is 15.4 Å². The van der Waals surface area contributed by atoms with Crippen molar-refractivity contribution in [2.45, 2.75) is 26.2 Å². The molecule has 152 valence electrons. The first kappa shape index (κ1) is 21.4. The molecule has 4 nitrogen and oxygen atoms in total. The number of anilines is 1. The van der Waals surface area contributed by atoms with Gasteiger partial charge in [0.25, 0.3) is 0 Å². The summed E-state index contributed by atoms with van der Waals surface area (Å²) in [5.74, 6) is 0.446. The van der Waals surface area contributed by atoms with E-state index in [9.17, 15) is 31.1 Å². The molecule has 0 radical (unpaired) electrons. The summed E-state index contributed by atoms with van der Waals surface area (Å²) in [5, 5.41) is 4.14. The van der Waals surface area contributed by atoms with Crippen LogP contribution in [0.5, 0.6) is 5.75 Å². The SMILES string of the molecule is Cc1ccc(OCNC(=O)Nc2cc(C(F)(F)F)cc(C(F)(F)F)c2)cc1C. The summed E-state index contributed by atoms with van der Waals surface area (Å²) in [6.45, 7) is 3.42. The van der Waals surface area contributed by atoms with Crippen LogP contribution in [0, 0.1) is 13.8 Å².